The summed E-state index contributed by atoms with van der Waals surface area (Å²) in [5.74, 6) is 1.32. The van der Waals surface area contributed by atoms with Gasteiger partial charge in [-0.15, -0.1) is 0 Å². The Morgan fingerprint density at radius 1 is 1.00 bits per heavy atom. The number of ether oxygens (including phenoxy) is 2. The summed E-state index contributed by atoms with van der Waals surface area (Å²) in [5, 5.41) is 0.894. The molecule has 5 nitrogen and oxygen atoms in total. The largest absolute Gasteiger partial charge is 0.497 e. The third kappa shape index (κ3) is 2.50. The standard InChI is InChI=1S/C20H16N2O3/c1-24-14-8-9-17-15(10-14)18(25-2)11-19-21-16(12-22(17)19)20(23)13-6-4-3-5-7-13/h3-12H,1-2H3. The third-order valence-corrected chi connectivity index (χ3v) is 4.21. The zero-order valence-corrected chi connectivity index (χ0v) is 13.9. The summed E-state index contributed by atoms with van der Waals surface area (Å²) < 4.78 is 12.7. The second-order valence-corrected chi connectivity index (χ2v) is 5.65. The van der Waals surface area contributed by atoms with Gasteiger partial charge in [-0.3, -0.25) is 9.20 Å². The van der Waals surface area contributed by atoms with Crippen LogP contribution in [-0.4, -0.2) is 29.4 Å². The van der Waals surface area contributed by atoms with Crippen LogP contribution in [0.2, 0.25) is 0 Å². The number of aromatic nitrogens is 2. The fraction of sp³-hybridized carbons (Fsp3) is 0.100. The van der Waals surface area contributed by atoms with Gasteiger partial charge >= 0.3 is 0 Å². The van der Waals surface area contributed by atoms with E-state index in [-0.39, 0.29) is 5.78 Å². The third-order valence-electron chi connectivity index (χ3n) is 4.21. The van der Waals surface area contributed by atoms with Crippen molar-refractivity contribution in [2.75, 3.05) is 14.2 Å². The van der Waals surface area contributed by atoms with Gasteiger partial charge in [-0.25, -0.2) is 4.98 Å². The van der Waals surface area contributed by atoms with E-state index in [1.54, 1.807) is 32.5 Å². The first-order chi connectivity index (χ1) is 12.2. The molecule has 4 rings (SSSR count). The van der Waals surface area contributed by atoms with Crippen molar-refractivity contribution in [3.8, 4) is 11.5 Å². The number of hydrogen-bond acceptors (Lipinski definition) is 4. The van der Waals surface area contributed by atoms with Crippen molar-refractivity contribution in [2.24, 2.45) is 0 Å². The van der Waals surface area contributed by atoms with Crippen LogP contribution in [0.15, 0.2) is 60.8 Å². The van der Waals surface area contributed by atoms with E-state index in [2.05, 4.69) is 4.98 Å². The van der Waals surface area contributed by atoms with Gasteiger partial charge < -0.3 is 9.47 Å². The van der Waals surface area contributed by atoms with Gasteiger partial charge in [0.05, 0.1) is 19.7 Å². The van der Waals surface area contributed by atoms with Crippen LogP contribution in [0.5, 0.6) is 11.5 Å². The summed E-state index contributed by atoms with van der Waals surface area (Å²) in [5.41, 5.74) is 2.57. The number of pyridine rings is 1. The number of nitrogens with zero attached hydrogens (tertiary/aromatic N) is 2. The van der Waals surface area contributed by atoms with Crippen molar-refractivity contribution in [2.45, 2.75) is 0 Å². The van der Waals surface area contributed by atoms with Gasteiger partial charge in [0.15, 0.2) is 0 Å². The zero-order valence-electron chi connectivity index (χ0n) is 13.9. The van der Waals surface area contributed by atoms with E-state index >= 15 is 0 Å². The first-order valence-corrected chi connectivity index (χ1v) is 7.85. The Labute approximate surface area is 144 Å². The molecule has 4 aromatic rings. The van der Waals surface area contributed by atoms with Crippen molar-refractivity contribution < 1.29 is 14.3 Å². The summed E-state index contributed by atoms with van der Waals surface area (Å²) in [6.45, 7) is 0. The lowest BCUT2D eigenvalue weighted by Crippen LogP contribution is -2.00. The Balaban J connectivity index is 1.93. The van der Waals surface area contributed by atoms with E-state index in [0.29, 0.717) is 22.7 Å². The van der Waals surface area contributed by atoms with Crippen LogP contribution in [0.3, 0.4) is 0 Å². The number of fused-ring (bicyclic) bond motifs is 3. The van der Waals surface area contributed by atoms with E-state index in [9.17, 15) is 4.79 Å². The fourth-order valence-corrected chi connectivity index (χ4v) is 2.95. The Kier molecular flexibility index (Phi) is 3.61. The molecule has 0 bridgehead atoms. The minimum Gasteiger partial charge on any atom is -0.497 e. The molecule has 0 aliphatic carbocycles. The summed E-state index contributed by atoms with van der Waals surface area (Å²) in [4.78, 5) is 17.2. The van der Waals surface area contributed by atoms with Gasteiger partial charge in [0.2, 0.25) is 5.78 Å². The highest BCUT2D eigenvalue weighted by Crippen LogP contribution is 2.31. The molecule has 5 heteroatoms. The Bertz CT molecular complexity index is 1080. The predicted molar refractivity (Wildman–Crippen MR) is 95.7 cm³/mol. The number of imidazole rings is 1. The number of rotatable bonds is 4. The minimum atomic E-state index is -0.107. The van der Waals surface area contributed by atoms with Gasteiger partial charge in [0.25, 0.3) is 0 Å². The molecule has 25 heavy (non-hydrogen) atoms. The topological polar surface area (TPSA) is 52.8 Å². The van der Waals surface area contributed by atoms with Gasteiger partial charge in [0, 0.05) is 23.2 Å². The summed E-state index contributed by atoms with van der Waals surface area (Å²) >= 11 is 0. The van der Waals surface area contributed by atoms with Gasteiger partial charge in [-0.2, -0.15) is 0 Å². The number of methoxy groups -OCH3 is 2. The molecule has 0 fully saturated rings. The lowest BCUT2D eigenvalue weighted by Gasteiger charge is -2.09. The van der Waals surface area contributed by atoms with Crippen LogP contribution in [0.4, 0.5) is 0 Å². The van der Waals surface area contributed by atoms with Crippen molar-refractivity contribution in [1.82, 2.24) is 9.38 Å². The van der Waals surface area contributed by atoms with Crippen molar-refractivity contribution in [3.63, 3.8) is 0 Å². The maximum absolute atomic E-state index is 12.7. The van der Waals surface area contributed by atoms with E-state index in [0.717, 1.165) is 16.7 Å². The number of hydrogen-bond donors (Lipinski definition) is 0. The summed E-state index contributed by atoms with van der Waals surface area (Å²) in [7, 11) is 3.24. The second-order valence-electron chi connectivity index (χ2n) is 5.65. The molecule has 0 spiro atoms. The van der Waals surface area contributed by atoms with Crippen LogP contribution in [0.25, 0.3) is 16.6 Å². The smallest absolute Gasteiger partial charge is 0.212 e. The maximum atomic E-state index is 12.7. The molecule has 0 unspecified atom stereocenters. The first kappa shape index (κ1) is 15.2. The predicted octanol–water partition coefficient (Wildman–Crippen LogP) is 3.74. The number of benzene rings is 2. The van der Waals surface area contributed by atoms with E-state index in [1.807, 2.05) is 46.9 Å². The summed E-state index contributed by atoms with van der Waals surface area (Å²) in [6.07, 6.45) is 1.76. The van der Waals surface area contributed by atoms with E-state index < -0.39 is 0 Å². The highest BCUT2D eigenvalue weighted by molar-refractivity contribution is 6.08. The van der Waals surface area contributed by atoms with E-state index in [4.69, 9.17) is 9.47 Å². The first-order valence-electron chi connectivity index (χ1n) is 7.85. The number of carbonyl (C=O) groups excluding carboxylic acids is 1. The highest BCUT2D eigenvalue weighted by Gasteiger charge is 2.16. The zero-order chi connectivity index (χ0) is 17.4. The van der Waals surface area contributed by atoms with Gasteiger partial charge in [-0.05, 0) is 18.2 Å². The molecule has 0 saturated heterocycles. The quantitative estimate of drug-likeness (QED) is 0.534. The molecule has 0 saturated carbocycles. The minimum absolute atomic E-state index is 0.107. The molecule has 124 valence electrons. The Hall–Kier alpha value is -3.34. The molecule has 0 aliphatic rings. The average Bonchev–Trinajstić information content (AvgIpc) is 3.11. The van der Waals surface area contributed by atoms with Crippen LogP contribution >= 0.6 is 0 Å². The van der Waals surface area contributed by atoms with Crippen molar-refractivity contribution in [3.05, 3.63) is 72.1 Å². The van der Waals surface area contributed by atoms with Crippen LogP contribution in [0, 0.1) is 0 Å². The molecule has 2 heterocycles. The average molecular weight is 332 g/mol. The van der Waals surface area contributed by atoms with Gasteiger partial charge in [-0.1, -0.05) is 30.3 Å². The lowest BCUT2D eigenvalue weighted by atomic mass is 10.1. The van der Waals surface area contributed by atoms with Gasteiger partial charge in [0.1, 0.15) is 22.8 Å². The van der Waals surface area contributed by atoms with Crippen LogP contribution in [0.1, 0.15) is 16.1 Å². The normalized spacial score (nSPS) is 11.0. The number of ketones is 1. The summed E-state index contributed by atoms with van der Waals surface area (Å²) in [6, 6.07) is 16.7. The van der Waals surface area contributed by atoms with Crippen LogP contribution in [-0.2, 0) is 0 Å². The molecule has 0 atom stereocenters. The van der Waals surface area contributed by atoms with E-state index in [1.165, 1.54) is 0 Å². The molecule has 2 aromatic carbocycles. The van der Waals surface area contributed by atoms with Crippen LogP contribution < -0.4 is 9.47 Å². The molecule has 0 N–H and O–H groups in total. The second kappa shape index (κ2) is 5.94. The monoisotopic (exact) mass is 332 g/mol. The Morgan fingerprint density at radius 2 is 1.80 bits per heavy atom. The molecular weight excluding hydrogens is 316 g/mol. The molecule has 0 radical (unpaired) electrons. The lowest BCUT2D eigenvalue weighted by molar-refractivity contribution is 0.103. The fourth-order valence-electron chi connectivity index (χ4n) is 2.95. The SMILES string of the molecule is COc1ccc2c(c1)c(OC)cc1nc(C(=O)c3ccccc3)cn12. The number of carbonyl (C=O) groups is 1. The van der Waals surface area contributed by atoms with Crippen molar-refractivity contribution in [1.29, 1.82) is 0 Å². The maximum Gasteiger partial charge on any atom is 0.212 e. The molecular formula is C20H16N2O3. The molecule has 0 amide bonds. The highest BCUT2D eigenvalue weighted by atomic mass is 16.5. The Morgan fingerprint density at radius 3 is 2.52 bits per heavy atom. The van der Waals surface area contributed by atoms with Crippen molar-refractivity contribution >= 4 is 22.3 Å². The molecule has 0 aliphatic heterocycles. The molecule has 2 aromatic heterocycles.